The zero-order valence-corrected chi connectivity index (χ0v) is 7.90. The Kier molecular flexibility index (Phi) is 5.32. The lowest BCUT2D eigenvalue weighted by molar-refractivity contribution is -0.136. The fourth-order valence-electron chi connectivity index (χ4n) is 0.948. The van der Waals surface area contributed by atoms with Crippen molar-refractivity contribution in [3.05, 3.63) is 0 Å². The number of rotatable bonds is 5. The van der Waals surface area contributed by atoms with Crippen LogP contribution in [0.15, 0.2) is 0 Å². The van der Waals surface area contributed by atoms with Crippen molar-refractivity contribution in [2.75, 3.05) is 7.11 Å². The zero-order chi connectivity index (χ0) is 10.5. The SMILES string of the molecule is COC(C)C(N)CCCC(F)(F)F. The lowest BCUT2D eigenvalue weighted by Gasteiger charge is -2.18. The fraction of sp³-hybridized carbons (Fsp3) is 1.00. The van der Waals surface area contributed by atoms with E-state index in [2.05, 4.69) is 0 Å². The first kappa shape index (κ1) is 12.7. The summed E-state index contributed by atoms with van der Waals surface area (Å²) in [6.07, 6.45) is -4.62. The van der Waals surface area contributed by atoms with Crippen LogP contribution in [0.4, 0.5) is 13.2 Å². The van der Waals surface area contributed by atoms with Crippen molar-refractivity contribution in [2.24, 2.45) is 5.73 Å². The number of ether oxygens (including phenoxy) is 1. The molecule has 0 bridgehead atoms. The second kappa shape index (κ2) is 5.44. The first-order valence-electron chi connectivity index (χ1n) is 4.22. The van der Waals surface area contributed by atoms with E-state index in [0.29, 0.717) is 6.42 Å². The van der Waals surface area contributed by atoms with Gasteiger partial charge in [0.2, 0.25) is 0 Å². The molecule has 0 amide bonds. The number of methoxy groups -OCH3 is 1. The summed E-state index contributed by atoms with van der Waals surface area (Å²) >= 11 is 0. The Morgan fingerprint density at radius 2 is 1.92 bits per heavy atom. The third-order valence-corrected chi connectivity index (χ3v) is 1.97. The molecular weight excluding hydrogens is 183 g/mol. The Morgan fingerprint density at radius 3 is 2.31 bits per heavy atom. The van der Waals surface area contributed by atoms with Gasteiger partial charge in [-0.15, -0.1) is 0 Å². The van der Waals surface area contributed by atoms with Gasteiger partial charge in [-0.3, -0.25) is 0 Å². The molecule has 0 rings (SSSR count). The van der Waals surface area contributed by atoms with Crippen LogP contribution >= 0.6 is 0 Å². The van der Waals surface area contributed by atoms with Crippen molar-refractivity contribution < 1.29 is 17.9 Å². The van der Waals surface area contributed by atoms with Crippen LogP contribution in [0.5, 0.6) is 0 Å². The maximum absolute atomic E-state index is 11.7. The van der Waals surface area contributed by atoms with Crippen molar-refractivity contribution in [1.29, 1.82) is 0 Å². The summed E-state index contributed by atoms with van der Waals surface area (Å²) in [5.41, 5.74) is 5.56. The second-order valence-corrected chi connectivity index (χ2v) is 3.11. The third kappa shape index (κ3) is 6.83. The molecule has 2 unspecified atom stereocenters. The Morgan fingerprint density at radius 1 is 1.38 bits per heavy atom. The molecule has 5 heteroatoms. The van der Waals surface area contributed by atoms with E-state index in [1.165, 1.54) is 7.11 Å². The molecule has 0 aliphatic rings. The molecule has 0 spiro atoms. The fourth-order valence-corrected chi connectivity index (χ4v) is 0.948. The Bertz CT molecular complexity index is 138. The molecule has 0 radical (unpaired) electrons. The number of hydrogen-bond donors (Lipinski definition) is 1. The van der Waals surface area contributed by atoms with Gasteiger partial charge in [0.05, 0.1) is 6.10 Å². The van der Waals surface area contributed by atoms with E-state index in [1.54, 1.807) is 6.92 Å². The van der Waals surface area contributed by atoms with Crippen LogP contribution in [0.1, 0.15) is 26.2 Å². The highest BCUT2D eigenvalue weighted by molar-refractivity contribution is 4.69. The number of hydrogen-bond acceptors (Lipinski definition) is 2. The van der Waals surface area contributed by atoms with Gasteiger partial charge in [-0.2, -0.15) is 13.2 Å². The van der Waals surface area contributed by atoms with Gasteiger partial charge >= 0.3 is 6.18 Å². The molecule has 0 aromatic rings. The Balaban J connectivity index is 3.53. The van der Waals surface area contributed by atoms with E-state index in [4.69, 9.17) is 10.5 Å². The lowest BCUT2D eigenvalue weighted by atomic mass is 10.1. The second-order valence-electron chi connectivity index (χ2n) is 3.11. The van der Waals surface area contributed by atoms with Crippen molar-refractivity contribution in [1.82, 2.24) is 0 Å². The summed E-state index contributed by atoms with van der Waals surface area (Å²) in [7, 11) is 1.49. The maximum atomic E-state index is 11.7. The molecule has 80 valence electrons. The third-order valence-electron chi connectivity index (χ3n) is 1.97. The molecule has 0 saturated heterocycles. The van der Waals surface area contributed by atoms with Crippen LogP contribution in [0.2, 0.25) is 0 Å². The molecule has 0 aromatic heterocycles. The summed E-state index contributed by atoms with van der Waals surface area (Å²) < 4.78 is 40.0. The van der Waals surface area contributed by atoms with Crippen LogP contribution < -0.4 is 5.73 Å². The summed E-state index contributed by atoms with van der Waals surface area (Å²) in [5, 5.41) is 0. The van der Waals surface area contributed by atoms with Gasteiger partial charge in [-0.25, -0.2) is 0 Å². The topological polar surface area (TPSA) is 35.2 Å². The molecule has 2 nitrogen and oxygen atoms in total. The highest BCUT2D eigenvalue weighted by atomic mass is 19.4. The minimum absolute atomic E-state index is 0.0678. The molecule has 2 atom stereocenters. The van der Waals surface area contributed by atoms with Crippen LogP contribution in [-0.2, 0) is 4.74 Å². The van der Waals surface area contributed by atoms with E-state index >= 15 is 0 Å². The smallest absolute Gasteiger partial charge is 0.380 e. The number of nitrogens with two attached hydrogens (primary N) is 1. The standard InChI is InChI=1S/C8H16F3NO/c1-6(13-2)7(12)4-3-5-8(9,10)11/h6-7H,3-5,12H2,1-2H3. The van der Waals surface area contributed by atoms with Gasteiger partial charge in [0.1, 0.15) is 0 Å². The van der Waals surface area contributed by atoms with E-state index in [-0.39, 0.29) is 18.6 Å². The van der Waals surface area contributed by atoms with Gasteiger partial charge in [-0.1, -0.05) is 0 Å². The first-order valence-corrected chi connectivity index (χ1v) is 4.22. The van der Waals surface area contributed by atoms with Crippen molar-refractivity contribution in [2.45, 2.75) is 44.5 Å². The average molecular weight is 199 g/mol. The van der Waals surface area contributed by atoms with Gasteiger partial charge in [0, 0.05) is 19.6 Å². The summed E-state index contributed by atoms with van der Waals surface area (Å²) in [5.74, 6) is 0. The van der Waals surface area contributed by atoms with Crippen LogP contribution in [0.3, 0.4) is 0 Å². The number of halogens is 3. The molecule has 0 aromatic carbocycles. The number of alkyl halides is 3. The summed E-state index contributed by atoms with van der Waals surface area (Å²) in [4.78, 5) is 0. The minimum Gasteiger partial charge on any atom is -0.380 e. The van der Waals surface area contributed by atoms with E-state index in [0.717, 1.165) is 0 Å². The largest absolute Gasteiger partial charge is 0.389 e. The highest BCUT2D eigenvalue weighted by Gasteiger charge is 2.26. The van der Waals surface area contributed by atoms with E-state index < -0.39 is 12.6 Å². The monoisotopic (exact) mass is 199 g/mol. The van der Waals surface area contributed by atoms with E-state index in [9.17, 15) is 13.2 Å². The highest BCUT2D eigenvalue weighted by Crippen LogP contribution is 2.22. The van der Waals surface area contributed by atoms with Crippen LogP contribution in [0.25, 0.3) is 0 Å². The Labute approximate surface area is 76.2 Å². The molecule has 0 saturated carbocycles. The minimum atomic E-state index is -4.07. The van der Waals surface area contributed by atoms with Crippen molar-refractivity contribution in [3.63, 3.8) is 0 Å². The lowest BCUT2D eigenvalue weighted by Crippen LogP contribution is -2.33. The van der Waals surface area contributed by atoms with Crippen LogP contribution in [-0.4, -0.2) is 25.4 Å². The normalized spacial score (nSPS) is 17.1. The van der Waals surface area contributed by atoms with Gasteiger partial charge in [0.15, 0.2) is 0 Å². The molecular formula is C8H16F3NO. The predicted octanol–water partition coefficient (Wildman–Crippen LogP) is 2.08. The summed E-state index contributed by atoms with van der Waals surface area (Å²) in [6, 6.07) is -0.313. The molecule has 0 fully saturated rings. The Hall–Kier alpha value is -0.290. The van der Waals surface area contributed by atoms with Crippen molar-refractivity contribution in [3.8, 4) is 0 Å². The summed E-state index contributed by atoms with van der Waals surface area (Å²) in [6.45, 7) is 1.75. The van der Waals surface area contributed by atoms with Crippen LogP contribution in [0, 0.1) is 0 Å². The first-order chi connectivity index (χ1) is 5.87. The maximum Gasteiger partial charge on any atom is 0.389 e. The average Bonchev–Trinajstić information content (AvgIpc) is 2.00. The molecule has 2 N–H and O–H groups in total. The molecule has 0 aliphatic heterocycles. The predicted molar refractivity (Wildman–Crippen MR) is 44.4 cm³/mol. The quantitative estimate of drug-likeness (QED) is 0.735. The molecule has 0 aliphatic carbocycles. The molecule has 13 heavy (non-hydrogen) atoms. The zero-order valence-electron chi connectivity index (χ0n) is 7.90. The van der Waals surface area contributed by atoms with Gasteiger partial charge < -0.3 is 10.5 Å². The molecule has 0 heterocycles. The van der Waals surface area contributed by atoms with Crippen molar-refractivity contribution >= 4 is 0 Å². The van der Waals surface area contributed by atoms with Gasteiger partial charge in [-0.05, 0) is 19.8 Å². The van der Waals surface area contributed by atoms with Gasteiger partial charge in [0.25, 0.3) is 0 Å². The van der Waals surface area contributed by atoms with E-state index in [1.807, 2.05) is 0 Å².